The predicted octanol–water partition coefficient (Wildman–Crippen LogP) is 3.32. The molecule has 0 radical (unpaired) electrons. The first kappa shape index (κ1) is 13.5. The van der Waals surface area contributed by atoms with Gasteiger partial charge in [-0.15, -0.1) is 0 Å². The lowest BCUT2D eigenvalue weighted by molar-refractivity contribution is 0.496. The maximum atomic E-state index is 13.4. The van der Waals surface area contributed by atoms with Gasteiger partial charge in [-0.05, 0) is 6.42 Å². The van der Waals surface area contributed by atoms with Crippen molar-refractivity contribution in [2.45, 2.75) is 26.4 Å². The van der Waals surface area contributed by atoms with E-state index in [1.165, 1.54) is 0 Å². The number of nitrogens with one attached hydrogen (secondary N) is 1. The summed E-state index contributed by atoms with van der Waals surface area (Å²) in [4.78, 5) is 0. The smallest absolute Gasteiger partial charge is 0.161 e. The van der Waals surface area contributed by atoms with Gasteiger partial charge >= 0.3 is 0 Å². The minimum absolute atomic E-state index is 0.0675. The highest BCUT2D eigenvalue weighted by atomic mass is 19.2. The molecule has 0 saturated carbocycles. The summed E-state index contributed by atoms with van der Waals surface area (Å²) < 4.78 is 40.9. The molecule has 0 bridgehead atoms. The van der Waals surface area contributed by atoms with E-state index in [4.69, 9.17) is 0 Å². The Bertz CT molecular complexity index is 566. The molecule has 0 spiro atoms. The number of nitrogens with zero attached hydrogens (tertiary/aromatic N) is 2. The van der Waals surface area contributed by atoms with Crippen molar-refractivity contribution in [1.29, 1.82) is 0 Å². The van der Waals surface area contributed by atoms with Gasteiger partial charge in [-0.3, -0.25) is 4.68 Å². The van der Waals surface area contributed by atoms with Gasteiger partial charge in [0.2, 0.25) is 0 Å². The van der Waals surface area contributed by atoms with E-state index in [2.05, 4.69) is 10.4 Å². The van der Waals surface area contributed by atoms with Crippen LogP contribution in [0.15, 0.2) is 24.5 Å². The van der Waals surface area contributed by atoms with Gasteiger partial charge in [0, 0.05) is 37.0 Å². The van der Waals surface area contributed by atoms with Crippen molar-refractivity contribution in [3.05, 3.63) is 47.5 Å². The number of halogens is 3. The molecule has 19 heavy (non-hydrogen) atoms. The molecule has 0 atom stereocenters. The zero-order valence-electron chi connectivity index (χ0n) is 10.5. The highest BCUT2D eigenvalue weighted by Crippen LogP contribution is 2.19. The number of benzene rings is 1. The normalized spacial score (nSPS) is 10.7. The number of hydrogen-bond donors (Lipinski definition) is 1. The Morgan fingerprint density at radius 1 is 1.16 bits per heavy atom. The third kappa shape index (κ3) is 3.27. The van der Waals surface area contributed by atoms with Crippen LogP contribution in [0.25, 0.3) is 0 Å². The molecule has 0 saturated heterocycles. The van der Waals surface area contributed by atoms with Gasteiger partial charge < -0.3 is 5.32 Å². The maximum absolute atomic E-state index is 13.4. The molecule has 3 nitrogen and oxygen atoms in total. The van der Waals surface area contributed by atoms with E-state index in [9.17, 15) is 13.2 Å². The Balaban J connectivity index is 2.03. The van der Waals surface area contributed by atoms with Gasteiger partial charge in [0.25, 0.3) is 0 Å². The van der Waals surface area contributed by atoms with Gasteiger partial charge in [-0.2, -0.15) is 5.10 Å². The van der Waals surface area contributed by atoms with Crippen molar-refractivity contribution < 1.29 is 13.2 Å². The predicted molar refractivity (Wildman–Crippen MR) is 66.2 cm³/mol. The van der Waals surface area contributed by atoms with Gasteiger partial charge in [0.1, 0.15) is 5.82 Å². The zero-order valence-corrected chi connectivity index (χ0v) is 10.5. The third-order valence-corrected chi connectivity index (χ3v) is 2.63. The SMILES string of the molecule is CCCn1cc(CNc2cc(F)c(F)cc2F)cn1. The second kappa shape index (κ2) is 5.77. The van der Waals surface area contributed by atoms with E-state index in [0.717, 1.165) is 24.6 Å². The molecule has 0 amide bonds. The summed E-state index contributed by atoms with van der Waals surface area (Å²) >= 11 is 0. The van der Waals surface area contributed by atoms with Crippen LogP contribution in [0, 0.1) is 17.5 Å². The molecule has 1 N–H and O–H groups in total. The van der Waals surface area contributed by atoms with E-state index >= 15 is 0 Å². The Labute approximate surface area is 109 Å². The van der Waals surface area contributed by atoms with Crippen molar-refractivity contribution in [2.24, 2.45) is 0 Å². The Hall–Kier alpha value is -1.98. The maximum Gasteiger partial charge on any atom is 0.161 e. The summed E-state index contributed by atoms with van der Waals surface area (Å²) in [6.07, 6.45) is 4.45. The minimum atomic E-state index is -1.20. The van der Waals surface area contributed by atoms with Crippen molar-refractivity contribution in [1.82, 2.24) is 9.78 Å². The molecule has 102 valence electrons. The summed E-state index contributed by atoms with van der Waals surface area (Å²) in [5, 5.41) is 6.84. The van der Waals surface area contributed by atoms with Gasteiger partial charge in [0.05, 0.1) is 11.9 Å². The number of aromatic nitrogens is 2. The molecule has 1 aromatic carbocycles. The van der Waals surface area contributed by atoms with Crippen molar-refractivity contribution in [3.8, 4) is 0 Å². The zero-order chi connectivity index (χ0) is 13.8. The Morgan fingerprint density at radius 3 is 2.63 bits per heavy atom. The Kier molecular flexibility index (Phi) is 4.09. The standard InChI is InChI=1S/C13H14F3N3/c1-2-3-19-8-9(7-18-19)6-17-13-5-11(15)10(14)4-12(13)16/h4-5,7-8,17H,2-3,6H2,1H3. The number of hydrogen-bond acceptors (Lipinski definition) is 2. The molecular weight excluding hydrogens is 255 g/mol. The first-order chi connectivity index (χ1) is 9.10. The molecule has 0 aliphatic carbocycles. The summed E-state index contributed by atoms with van der Waals surface area (Å²) in [6.45, 7) is 3.14. The van der Waals surface area contributed by atoms with Crippen molar-refractivity contribution >= 4 is 5.69 Å². The molecule has 0 aliphatic heterocycles. The van der Waals surface area contributed by atoms with Gasteiger partial charge in [-0.25, -0.2) is 13.2 Å². The largest absolute Gasteiger partial charge is 0.378 e. The highest BCUT2D eigenvalue weighted by molar-refractivity contribution is 5.45. The minimum Gasteiger partial charge on any atom is -0.378 e. The molecule has 0 unspecified atom stereocenters. The van der Waals surface area contributed by atoms with Crippen LogP contribution in [0.4, 0.5) is 18.9 Å². The topological polar surface area (TPSA) is 29.9 Å². The van der Waals surface area contributed by atoms with E-state index in [1.807, 2.05) is 13.1 Å². The van der Waals surface area contributed by atoms with Crippen molar-refractivity contribution in [2.75, 3.05) is 5.32 Å². The molecule has 2 rings (SSSR count). The van der Waals surface area contributed by atoms with Crippen LogP contribution in [0.5, 0.6) is 0 Å². The lowest BCUT2D eigenvalue weighted by Gasteiger charge is -2.06. The fourth-order valence-electron chi connectivity index (χ4n) is 1.70. The number of anilines is 1. The molecule has 6 heteroatoms. The van der Waals surface area contributed by atoms with Crippen LogP contribution in [0.3, 0.4) is 0 Å². The van der Waals surface area contributed by atoms with Crippen LogP contribution >= 0.6 is 0 Å². The van der Waals surface area contributed by atoms with Crippen LogP contribution in [0.1, 0.15) is 18.9 Å². The fourth-order valence-corrected chi connectivity index (χ4v) is 1.70. The fraction of sp³-hybridized carbons (Fsp3) is 0.308. The van der Waals surface area contributed by atoms with Gasteiger partial charge in [-0.1, -0.05) is 6.92 Å². The van der Waals surface area contributed by atoms with E-state index in [-0.39, 0.29) is 5.69 Å². The van der Waals surface area contributed by atoms with Crippen LogP contribution in [0.2, 0.25) is 0 Å². The molecule has 1 heterocycles. The van der Waals surface area contributed by atoms with Crippen molar-refractivity contribution in [3.63, 3.8) is 0 Å². The van der Waals surface area contributed by atoms with Crippen LogP contribution in [-0.4, -0.2) is 9.78 Å². The first-order valence-corrected chi connectivity index (χ1v) is 6.00. The quantitative estimate of drug-likeness (QED) is 0.844. The lowest BCUT2D eigenvalue weighted by Crippen LogP contribution is -2.02. The van der Waals surface area contributed by atoms with Crippen LogP contribution in [-0.2, 0) is 13.1 Å². The second-order valence-corrected chi connectivity index (χ2v) is 4.21. The Morgan fingerprint density at radius 2 is 1.89 bits per heavy atom. The van der Waals surface area contributed by atoms with E-state index in [1.54, 1.807) is 10.9 Å². The van der Waals surface area contributed by atoms with Gasteiger partial charge in [0.15, 0.2) is 11.6 Å². The molecular formula is C13H14F3N3. The summed E-state index contributed by atoms with van der Waals surface area (Å²) in [5.74, 6) is -3.09. The summed E-state index contributed by atoms with van der Waals surface area (Å²) in [5.41, 5.74) is 0.778. The summed E-state index contributed by atoms with van der Waals surface area (Å²) in [6, 6.07) is 1.33. The van der Waals surface area contributed by atoms with E-state index in [0.29, 0.717) is 12.6 Å². The molecule has 2 aromatic rings. The average Bonchev–Trinajstić information content (AvgIpc) is 2.80. The molecule has 0 fully saturated rings. The first-order valence-electron chi connectivity index (χ1n) is 6.00. The number of rotatable bonds is 5. The lowest BCUT2D eigenvalue weighted by atomic mass is 10.2. The molecule has 1 aromatic heterocycles. The third-order valence-electron chi connectivity index (χ3n) is 2.63. The second-order valence-electron chi connectivity index (χ2n) is 4.21. The monoisotopic (exact) mass is 269 g/mol. The average molecular weight is 269 g/mol. The van der Waals surface area contributed by atoms with Crippen LogP contribution < -0.4 is 5.32 Å². The highest BCUT2D eigenvalue weighted by Gasteiger charge is 2.09. The van der Waals surface area contributed by atoms with E-state index < -0.39 is 17.5 Å². The molecule has 0 aliphatic rings. The summed E-state index contributed by atoms with van der Waals surface area (Å²) in [7, 11) is 0. The number of aryl methyl sites for hydroxylation is 1.